The fourth-order valence-corrected chi connectivity index (χ4v) is 2.98. The van der Waals surface area contributed by atoms with E-state index in [2.05, 4.69) is 62.2 Å². The van der Waals surface area contributed by atoms with E-state index < -0.39 is 0 Å². The molecule has 2 rings (SSSR count). The summed E-state index contributed by atoms with van der Waals surface area (Å²) >= 11 is 0. The maximum absolute atomic E-state index is 3.71. The van der Waals surface area contributed by atoms with Crippen molar-refractivity contribution in [3.8, 4) is 0 Å². The highest BCUT2D eigenvalue weighted by Crippen LogP contribution is 2.31. The molecule has 0 bridgehead atoms. The summed E-state index contributed by atoms with van der Waals surface area (Å²) in [6, 6.07) is 9.49. The van der Waals surface area contributed by atoms with Gasteiger partial charge in [0.1, 0.15) is 0 Å². The Kier molecular flexibility index (Phi) is 4.51. The largest absolute Gasteiger partial charge is 0.370 e. The van der Waals surface area contributed by atoms with Crippen molar-refractivity contribution in [2.45, 2.75) is 46.6 Å². The molecule has 1 aliphatic heterocycles. The van der Waals surface area contributed by atoms with Gasteiger partial charge in [0, 0.05) is 24.8 Å². The van der Waals surface area contributed by atoms with Crippen molar-refractivity contribution in [3.05, 3.63) is 29.8 Å². The summed E-state index contributed by atoms with van der Waals surface area (Å²) in [6.45, 7) is 12.5. The van der Waals surface area contributed by atoms with Crippen LogP contribution in [-0.4, -0.2) is 25.7 Å². The average Bonchev–Trinajstić information content (AvgIpc) is 2.38. The minimum Gasteiger partial charge on any atom is -0.370 e. The van der Waals surface area contributed by atoms with E-state index in [1.54, 1.807) is 0 Å². The van der Waals surface area contributed by atoms with Crippen molar-refractivity contribution in [2.75, 3.05) is 24.5 Å². The molecule has 1 unspecified atom stereocenters. The van der Waals surface area contributed by atoms with E-state index in [-0.39, 0.29) is 0 Å². The van der Waals surface area contributed by atoms with E-state index in [4.69, 9.17) is 0 Å². The molecule has 1 heterocycles. The van der Waals surface area contributed by atoms with Crippen LogP contribution in [-0.2, 0) is 0 Å². The lowest BCUT2D eigenvalue weighted by Crippen LogP contribution is -2.53. The summed E-state index contributed by atoms with van der Waals surface area (Å²) in [4.78, 5) is 2.49. The first-order valence-corrected chi connectivity index (χ1v) is 7.58. The lowest BCUT2D eigenvalue weighted by Gasteiger charge is -2.42. The predicted octanol–water partition coefficient (Wildman–Crippen LogP) is 3.60. The van der Waals surface area contributed by atoms with E-state index in [1.165, 1.54) is 30.6 Å². The highest BCUT2D eigenvalue weighted by molar-refractivity contribution is 5.47. The number of anilines is 1. The van der Waals surface area contributed by atoms with Crippen LogP contribution in [0, 0.1) is 12.3 Å². The van der Waals surface area contributed by atoms with E-state index >= 15 is 0 Å². The number of likely N-dealkylation sites (N-methyl/N-ethyl adjacent to an activating group) is 1. The molecule has 1 aromatic rings. The van der Waals surface area contributed by atoms with Crippen LogP contribution in [0.1, 0.15) is 39.2 Å². The predicted molar refractivity (Wildman–Crippen MR) is 83.9 cm³/mol. The van der Waals surface area contributed by atoms with E-state index in [0.29, 0.717) is 11.5 Å². The second kappa shape index (κ2) is 5.96. The van der Waals surface area contributed by atoms with Crippen molar-refractivity contribution in [3.63, 3.8) is 0 Å². The smallest absolute Gasteiger partial charge is 0.0366 e. The summed E-state index contributed by atoms with van der Waals surface area (Å²) in [5.74, 6) is 0. The molecule has 19 heavy (non-hydrogen) atoms. The minimum absolute atomic E-state index is 0.399. The van der Waals surface area contributed by atoms with Crippen molar-refractivity contribution in [1.82, 2.24) is 5.32 Å². The van der Waals surface area contributed by atoms with Crippen LogP contribution in [0.3, 0.4) is 0 Å². The summed E-state index contributed by atoms with van der Waals surface area (Å²) in [7, 11) is 0. The Bertz CT molecular complexity index is 394. The third-order valence-electron chi connectivity index (χ3n) is 4.52. The van der Waals surface area contributed by atoms with Crippen molar-refractivity contribution >= 4 is 5.69 Å². The molecule has 1 aromatic carbocycles. The number of nitrogens with zero attached hydrogens (tertiary/aromatic N) is 1. The van der Waals surface area contributed by atoms with Crippen LogP contribution in [0.5, 0.6) is 0 Å². The second-order valence-corrected chi connectivity index (χ2v) is 6.47. The molecule has 0 radical (unpaired) electrons. The molecule has 0 spiro atoms. The highest BCUT2D eigenvalue weighted by Gasteiger charge is 2.32. The van der Waals surface area contributed by atoms with Crippen LogP contribution >= 0.6 is 0 Å². The molecule has 0 amide bonds. The molecular weight excluding hydrogens is 232 g/mol. The molecule has 1 aliphatic rings. The van der Waals surface area contributed by atoms with Gasteiger partial charge in [-0.15, -0.1) is 0 Å². The first-order chi connectivity index (χ1) is 9.03. The van der Waals surface area contributed by atoms with Gasteiger partial charge in [-0.2, -0.15) is 0 Å². The van der Waals surface area contributed by atoms with Gasteiger partial charge in [-0.25, -0.2) is 0 Å². The van der Waals surface area contributed by atoms with E-state index in [0.717, 1.165) is 13.1 Å². The second-order valence-electron chi connectivity index (χ2n) is 6.47. The zero-order valence-corrected chi connectivity index (χ0v) is 12.9. The Morgan fingerprint density at radius 1 is 1.26 bits per heavy atom. The molecule has 0 aromatic heterocycles. The summed E-state index contributed by atoms with van der Waals surface area (Å²) in [6.07, 6.45) is 2.64. The third kappa shape index (κ3) is 3.50. The molecule has 2 nitrogen and oxygen atoms in total. The number of aryl methyl sites for hydroxylation is 1. The zero-order valence-electron chi connectivity index (χ0n) is 12.9. The molecule has 1 N–H and O–H groups in total. The van der Waals surface area contributed by atoms with E-state index in [9.17, 15) is 0 Å². The summed E-state index contributed by atoms with van der Waals surface area (Å²) in [5.41, 5.74) is 3.07. The molecular formula is C17H28N2. The number of rotatable bonds is 4. The van der Waals surface area contributed by atoms with Gasteiger partial charge in [0.15, 0.2) is 0 Å². The Balaban J connectivity index is 2.08. The van der Waals surface area contributed by atoms with Crippen molar-refractivity contribution in [2.24, 2.45) is 5.41 Å². The molecule has 1 fully saturated rings. The minimum atomic E-state index is 0.399. The lowest BCUT2D eigenvalue weighted by atomic mass is 9.77. The monoisotopic (exact) mass is 260 g/mol. The molecule has 106 valence electrons. The molecule has 0 saturated carbocycles. The number of nitrogens with one attached hydrogen (secondary N) is 1. The fraction of sp³-hybridized carbons (Fsp3) is 0.647. The maximum Gasteiger partial charge on any atom is 0.0366 e. The summed E-state index contributed by atoms with van der Waals surface area (Å²) in [5, 5.41) is 3.71. The molecule has 1 saturated heterocycles. The van der Waals surface area contributed by atoms with Gasteiger partial charge in [0.05, 0.1) is 0 Å². The van der Waals surface area contributed by atoms with Crippen molar-refractivity contribution in [1.29, 1.82) is 0 Å². The van der Waals surface area contributed by atoms with Gasteiger partial charge in [0.2, 0.25) is 0 Å². The zero-order chi connectivity index (χ0) is 13.9. The number of hydrogen-bond donors (Lipinski definition) is 1. The van der Waals surface area contributed by atoms with Gasteiger partial charge in [-0.3, -0.25) is 0 Å². The maximum atomic E-state index is 3.71. The first kappa shape index (κ1) is 14.4. The van der Waals surface area contributed by atoms with Gasteiger partial charge in [-0.05, 0) is 50.8 Å². The van der Waals surface area contributed by atoms with Gasteiger partial charge >= 0.3 is 0 Å². The quantitative estimate of drug-likeness (QED) is 0.890. The molecule has 1 atom stereocenters. The Hall–Kier alpha value is -1.02. The number of hydrogen-bond acceptors (Lipinski definition) is 2. The Morgan fingerprint density at radius 2 is 1.95 bits per heavy atom. The van der Waals surface area contributed by atoms with Gasteiger partial charge in [-0.1, -0.05) is 31.5 Å². The third-order valence-corrected chi connectivity index (χ3v) is 4.52. The Labute approximate surface area is 118 Å². The van der Waals surface area contributed by atoms with Crippen LogP contribution < -0.4 is 10.2 Å². The lowest BCUT2D eigenvalue weighted by molar-refractivity contribution is 0.183. The van der Waals surface area contributed by atoms with Gasteiger partial charge < -0.3 is 10.2 Å². The number of benzene rings is 1. The molecule has 0 aliphatic carbocycles. The molecule has 2 heteroatoms. The highest BCUT2D eigenvalue weighted by atomic mass is 15.2. The average molecular weight is 260 g/mol. The van der Waals surface area contributed by atoms with Crippen molar-refractivity contribution < 1.29 is 0 Å². The van der Waals surface area contributed by atoms with Crippen LogP contribution in [0.4, 0.5) is 5.69 Å². The van der Waals surface area contributed by atoms with Crippen LogP contribution in [0.15, 0.2) is 24.3 Å². The normalized spacial score (nSPS) is 22.2. The van der Waals surface area contributed by atoms with E-state index in [1.807, 2.05) is 0 Å². The standard InChI is InChI=1S/C17H28N2/c1-5-19(15-9-7-14(2)8-10-15)13-16-17(3,4)11-6-12-18-16/h7-10,16,18H,5-6,11-13H2,1-4H3. The SMILES string of the molecule is CCN(CC1NCCCC1(C)C)c1ccc(C)cc1. The Morgan fingerprint density at radius 3 is 2.53 bits per heavy atom. The summed E-state index contributed by atoms with van der Waals surface area (Å²) < 4.78 is 0. The number of piperidine rings is 1. The van der Waals surface area contributed by atoms with Crippen LogP contribution in [0.2, 0.25) is 0 Å². The fourth-order valence-electron chi connectivity index (χ4n) is 2.98. The van der Waals surface area contributed by atoms with Gasteiger partial charge in [0.25, 0.3) is 0 Å². The van der Waals surface area contributed by atoms with Crippen LogP contribution in [0.25, 0.3) is 0 Å². The topological polar surface area (TPSA) is 15.3 Å². The first-order valence-electron chi connectivity index (χ1n) is 7.58.